The van der Waals surface area contributed by atoms with E-state index in [1.165, 1.54) is 0 Å². The molecule has 1 aliphatic rings. The van der Waals surface area contributed by atoms with Gasteiger partial charge in [-0.05, 0) is 39.0 Å². The summed E-state index contributed by atoms with van der Waals surface area (Å²) in [6.07, 6.45) is 3.18. The second kappa shape index (κ2) is 11.7. The Morgan fingerprint density at radius 2 is 2.11 bits per heavy atom. The van der Waals surface area contributed by atoms with Crippen LogP contribution in [0.4, 0.5) is 0 Å². The molecule has 1 rings (SSSR count). The SMILES string of the molecule is CC(C)NC(N)=NCCCOCC1CCOCC1.I. The van der Waals surface area contributed by atoms with Gasteiger partial charge in [0.05, 0.1) is 0 Å². The molecule has 0 bridgehead atoms. The maximum absolute atomic E-state index is 5.69. The highest BCUT2D eigenvalue weighted by Crippen LogP contribution is 2.14. The van der Waals surface area contributed by atoms with Crippen LogP contribution < -0.4 is 11.1 Å². The number of hydrogen-bond acceptors (Lipinski definition) is 3. The molecule has 1 saturated heterocycles. The van der Waals surface area contributed by atoms with Gasteiger partial charge in [0.2, 0.25) is 0 Å². The number of aliphatic imine (C=N–C) groups is 1. The lowest BCUT2D eigenvalue weighted by molar-refractivity contribution is 0.0205. The molecule has 114 valence electrons. The highest BCUT2D eigenvalue weighted by Gasteiger charge is 2.13. The number of nitrogens with two attached hydrogens (primary N) is 1. The summed E-state index contributed by atoms with van der Waals surface area (Å²) in [4.78, 5) is 4.23. The van der Waals surface area contributed by atoms with Crippen molar-refractivity contribution in [3.63, 3.8) is 0 Å². The Kier molecular flexibility index (Phi) is 11.7. The molecule has 3 N–H and O–H groups in total. The number of ether oxygens (including phenoxy) is 2. The zero-order chi connectivity index (χ0) is 13.2. The Hall–Kier alpha value is -0.0800. The van der Waals surface area contributed by atoms with Crippen LogP contribution in [0.2, 0.25) is 0 Å². The molecule has 0 aromatic rings. The summed E-state index contributed by atoms with van der Waals surface area (Å²) in [5, 5.41) is 3.06. The number of halogens is 1. The van der Waals surface area contributed by atoms with Crippen molar-refractivity contribution in [2.75, 3.05) is 33.0 Å². The molecule has 0 spiro atoms. The van der Waals surface area contributed by atoms with E-state index in [0.717, 1.165) is 52.2 Å². The van der Waals surface area contributed by atoms with E-state index in [1.807, 2.05) is 13.8 Å². The van der Waals surface area contributed by atoms with Gasteiger partial charge in [-0.1, -0.05) is 0 Å². The van der Waals surface area contributed by atoms with Crippen LogP contribution in [0.25, 0.3) is 0 Å². The van der Waals surface area contributed by atoms with Crippen molar-refractivity contribution in [3.05, 3.63) is 0 Å². The summed E-state index contributed by atoms with van der Waals surface area (Å²) >= 11 is 0. The van der Waals surface area contributed by atoms with Gasteiger partial charge in [-0.2, -0.15) is 0 Å². The molecule has 0 saturated carbocycles. The van der Waals surface area contributed by atoms with Crippen LogP contribution in [-0.2, 0) is 9.47 Å². The first kappa shape index (κ1) is 18.9. The Labute approximate surface area is 133 Å². The zero-order valence-corrected chi connectivity index (χ0v) is 14.4. The van der Waals surface area contributed by atoms with Crippen LogP contribution in [-0.4, -0.2) is 45.0 Å². The number of hydrogen-bond donors (Lipinski definition) is 2. The Bertz CT molecular complexity index is 244. The van der Waals surface area contributed by atoms with Crippen molar-refractivity contribution in [2.24, 2.45) is 16.6 Å². The first-order chi connectivity index (χ1) is 8.68. The van der Waals surface area contributed by atoms with Crippen molar-refractivity contribution in [2.45, 2.75) is 39.2 Å². The molecule has 0 amide bonds. The molecular formula is C13H28IN3O2. The Morgan fingerprint density at radius 3 is 2.74 bits per heavy atom. The summed E-state index contributed by atoms with van der Waals surface area (Å²) in [7, 11) is 0. The van der Waals surface area contributed by atoms with Crippen molar-refractivity contribution in [1.29, 1.82) is 0 Å². The van der Waals surface area contributed by atoms with E-state index in [4.69, 9.17) is 15.2 Å². The smallest absolute Gasteiger partial charge is 0.188 e. The van der Waals surface area contributed by atoms with E-state index in [-0.39, 0.29) is 24.0 Å². The van der Waals surface area contributed by atoms with E-state index < -0.39 is 0 Å². The van der Waals surface area contributed by atoms with Gasteiger partial charge >= 0.3 is 0 Å². The van der Waals surface area contributed by atoms with Crippen LogP contribution in [0.1, 0.15) is 33.1 Å². The summed E-state index contributed by atoms with van der Waals surface area (Å²) in [6, 6.07) is 0.332. The molecule has 0 aliphatic carbocycles. The van der Waals surface area contributed by atoms with Crippen LogP contribution in [0.15, 0.2) is 4.99 Å². The van der Waals surface area contributed by atoms with Gasteiger partial charge in [-0.25, -0.2) is 0 Å². The molecule has 19 heavy (non-hydrogen) atoms. The van der Waals surface area contributed by atoms with E-state index in [9.17, 15) is 0 Å². The molecule has 6 heteroatoms. The van der Waals surface area contributed by atoms with Gasteiger partial charge in [0.1, 0.15) is 0 Å². The van der Waals surface area contributed by atoms with Crippen molar-refractivity contribution in [3.8, 4) is 0 Å². The highest BCUT2D eigenvalue weighted by atomic mass is 127. The lowest BCUT2D eigenvalue weighted by Crippen LogP contribution is -2.36. The van der Waals surface area contributed by atoms with Gasteiger partial charge in [0.15, 0.2) is 5.96 Å². The fourth-order valence-corrected chi connectivity index (χ4v) is 1.87. The van der Waals surface area contributed by atoms with E-state index in [1.54, 1.807) is 0 Å². The van der Waals surface area contributed by atoms with Crippen molar-refractivity contribution in [1.82, 2.24) is 5.32 Å². The largest absolute Gasteiger partial charge is 0.381 e. The zero-order valence-electron chi connectivity index (χ0n) is 12.1. The first-order valence-corrected chi connectivity index (χ1v) is 6.90. The molecule has 1 aliphatic heterocycles. The third kappa shape index (κ3) is 10.4. The predicted molar refractivity (Wildman–Crippen MR) is 89.2 cm³/mol. The second-order valence-electron chi connectivity index (χ2n) is 5.05. The molecule has 1 fully saturated rings. The van der Waals surface area contributed by atoms with Crippen molar-refractivity contribution < 1.29 is 9.47 Å². The van der Waals surface area contributed by atoms with Gasteiger partial charge in [-0.3, -0.25) is 4.99 Å². The third-order valence-corrected chi connectivity index (χ3v) is 2.86. The summed E-state index contributed by atoms with van der Waals surface area (Å²) < 4.78 is 11.0. The maximum atomic E-state index is 5.69. The topological polar surface area (TPSA) is 68.9 Å². The van der Waals surface area contributed by atoms with E-state index in [2.05, 4.69) is 10.3 Å². The van der Waals surface area contributed by atoms with Gasteiger partial charge in [0, 0.05) is 39.0 Å². The standard InChI is InChI=1S/C13H27N3O2.HI/c1-11(2)16-13(14)15-6-3-7-18-10-12-4-8-17-9-5-12;/h11-12H,3-10H2,1-2H3,(H3,14,15,16);1H. The number of nitrogens with zero attached hydrogens (tertiary/aromatic N) is 1. The van der Waals surface area contributed by atoms with Crippen molar-refractivity contribution >= 4 is 29.9 Å². The maximum Gasteiger partial charge on any atom is 0.188 e. The monoisotopic (exact) mass is 385 g/mol. The molecule has 5 nitrogen and oxygen atoms in total. The quantitative estimate of drug-likeness (QED) is 0.303. The summed E-state index contributed by atoms with van der Waals surface area (Å²) in [6.45, 7) is 8.19. The van der Waals surface area contributed by atoms with Gasteiger partial charge in [0.25, 0.3) is 0 Å². The van der Waals surface area contributed by atoms with Crippen LogP contribution in [0, 0.1) is 5.92 Å². The number of nitrogens with one attached hydrogen (secondary N) is 1. The average Bonchev–Trinajstić information content (AvgIpc) is 2.34. The Balaban J connectivity index is 0.00000324. The minimum absolute atomic E-state index is 0. The molecular weight excluding hydrogens is 357 g/mol. The van der Waals surface area contributed by atoms with Crippen LogP contribution >= 0.6 is 24.0 Å². The minimum Gasteiger partial charge on any atom is -0.381 e. The molecule has 0 unspecified atom stereocenters. The van der Waals surface area contributed by atoms with Gasteiger partial charge in [-0.15, -0.1) is 24.0 Å². The molecule has 1 heterocycles. The summed E-state index contributed by atoms with van der Waals surface area (Å²) in [5.74, 6) is 1.20. The van der Waals surface area contributed by atoms with Gasteiger partial charge < -0.3 is 20.5 Å². The lowest BCUT2D eigenvalue weighted by Gasteiger charge is -2.21. The fraction of sp³-hybridized carbons (Fsp3) is 0.923. The number of rotatable bonds is 7. The molecule has 0 radical (unpaired) electrons. The minimum atomic E-state index is 0. The van der Waals surface area contributed by atoms with Crippen LogP contribution in [0.5, 0.6) is 0 Å². The van der Waals surface area contributed by atoms with E-state index in [0.29, 0.717) is 17.9 Å². The average molecular weight is 385 g/mol. The molecule has 0 aromatic heterocycles. The fourth-order valence-electron chi connectivity index (χ4n) is 1.87. The van der Waals surface area contributed by atoms with Crippen LogP contribution in [0.3, 0.4) is 0 Å². The van der Waals surface area contributed by atoms with E-state index >= 15 is 0 Å². The highest BCUT2D eigenvalue weighted by molar-refractivity contribution is 14.0. The normalized spacial score (nSPS) is 17.3. The first-order valence-electron chi connectivity index (χ1n) is 6.90. The predicted octanol–water partition coefficient (Wildman–Crippen LogP) is 1.75. The number of guanidine groups is 1. The second-order valence-corrected chi connectivity index (χ2v) is 5.05. The summed E-state index contributed by atoms with van der Waals surface area (Å²) in [5.41, 5.74) is 5.69. The third-order valence-electron chi connectivity index (χ3n) is 2.86. The molecule has 0 atom stereocenters. The Morgan fingerprint density at radius 1 is 1.42 bits per heavy atom. The molecule has 0 aromatic carbocycles. The lowest BCUT2D eigenvalue weighted by atomic mass is 10.0.